The minimum Gasteiger partial charge on any atom is -0.550 e. The van der Waals surface area contributed by atoms with Gasteiger partial charge in [0.15, 0.2) is 0 Å². The molecule has 0 bridgehead atoms. The molecule has 0 spiro atoms. The van der Waals surface area contributed by atoms with Gasteiger partial charge in [-0.15, -0.1) is 0 Å². The molecule has 0 rings (SSSR count). The van der Waals surface area contributed by atoms with E-state index in [-0.39, 0.29) is 42.1 Å². The van der Waals surface area contributed by atoms with Crippen LogP contribution in [0.4, 0.5) is 0 Å². The monoisotopic (exact) mass is 626 g/mol. The molecular weight excluding hydrogens is 614 g/mol. The molecule has 0 aromatic heterocycles. The van der Waals surface area contributed by atoms with Crippen molar-refractivity contribution < 1.29 is 81.7 Å². The summed E-state index contributed by atoms with van der Waals surface area (Å²) in [6.45, 7) is 3.89. The van der Waals surface area contributed by atoms with Gasteiger partial charge in [-0.25, -0.2) is 0 Å². The molecule has 0 aliphatic carbocycles. The van der Waals surface area contributed by atoms with E-state index < -0.39 is 23.9 Å². The maximum absolute atomic E-state index is 8.89. The van der Waals surface area contributed by atoms with Crippen molar-refractivity contribution in [2.75, 3.05) is 0 Å². The first-order valence-corrected chi connectivity index (χ1v) is 3.63. The number of carboxylic acids is 4. The van der Waals surface area contributed by atoms with Gasteiger partial charge in [0.2, 0.25) is 0 Å². The fraction of sp³-hybridized carbons (Fsp3) is 0.500. The SMILES string of the molecule is CC(=O)[O-].CC(=O)[O-].CC(=O)[O-].CC(=O)[O-].[Pt+2].[Pt+2]. The third-order valence-corrected chi connectivity index (χ3v) is 0. The minimum atomic E-state index is -1.08. The maximum Gasteiger partial charge on any atom is 2.00 e. The Kier molecular flexibility index (Phi) is 59.7. The fourth-order valence-electron chi connectivity index (χ4n) is 0. The van der Waals surface area contributed by atoms with Crippen LogP contribution in [0.5, 0.6) is 0 Å². The van der Waals surface area contributed by atoms with Crippen molar-refractivity contribution in [3.05, 3.63) is 0 Å². The van der Waals surface area contributed by atoms with Crippen LogP contribution in [0.1, 0.15) is 27.7 Å². The summed E-state index contributed by atoms with van der Waals surface area (Å²) < 4.78 is 0. The van der Waals surface area contributed by atoms with E-state index in [0.717, 1.165) is 27.7 Å². The van der Waals surface area contributed by atoms with Crippen LogP contribution in [0.15, 0.2) is 0 Å². The van der Waals surface area contributed by atoms with E-state index in [9.17, 15) is 0 Å². The van der Waals surface area contributed by atoms with Crippen LogP contribution in [0.25, 0.3) is 0 Å². The quantitative estimate of drug-likeness (QED) is 0.259. The van der Waals surface area contributed by atoms with Crippen LogP contribution in [0.2, 0.25) is 0 Å². The third kappa shape index (κ3) is 5610. The van der Waals surface area contributed by atoms with E-state index >= 15 is 0 Å². The van der Waals surface area contributed by atoms with Crippen LogP contribution in [-0.2, 0) is 61.3 Å². The Bertz CT molecular complexity index is 165. The Labute approximate surface area is 133 Å². The van der Waals surface area contributed by atoms with Crippen molar-refractivity contribution in [2.24, 2.45) is 0 Å². The number of aliphatic carboxylic acids is 4. The normalized spacial score (nSPS) is 5.56. The molecule has 0 aromatic rings. The topological polar surface area (TPSA) is 161 Å². The molecule has 0 N–H and O–H groups in total. The van der Waals surface area contributed by atoms with E-state index in [2.05, 4.69) is 0 Å². The first kappa shape index (κ1) is 36.0. The molecule has 0 fully saturated rings. The Morgan fingerprint density at radius 2 is 0.500 bits per heavy atom. The number of carboxylic acid groups (broad SMARTS) is 4. The molecule has 0 aliphatic rings. The summed E-state index contributed by atoms with van der Waals surface area (Å²) in [5, 5.41) is 35.6. The van der Waals surface area contributed by atoms with Gasteiger partial charge >= 0.3 is 42.1 Å². The van der Waals surface area contributed by atoms with E-state index in [4.69, 9.17) is 39.6 Å². The fourth-order valence-corrected chi connectivity index (χ4v) is 0. The average molecular weight is 626 g/mol. The summed E-state index contributed by atoms with van der Waals surface area (Å²) in [4.78, 5) is 35.6. The van der Waals surface area contributed by atoms with Gasteiger partial charge in [0, 0.05) is 23.9 Å². The standard InChI is InChI=1S/4C2H4O2.2Pt/c4*1-2(3)4;;/h4*1H3,(H,3,4);;/q;;;;2*+2/p-4. The molecule has 0 atom stereocenters. The zero-order valence-electron chi connectivity index (χ0n) is 9.90. The first-order chi connectivity index (χ1) is 6.93. The summed E-state index contributed by atoms with van der Waals surface area (Å²) in [5.74, 6) is -4.33. The number of hydrogen-bond donors (Lipinski definition) is 0. The Morgan fingerprint density at radius 3 is 0.500 bits per heavy atom. The molecule has 0 saturated carbocycles. The van der Waals surface area contributed by atoms with Crippen molar-refractivity contribution in [1.29, 1.82) is 0 Å². The molecule has 0 aromatic carbocycles. The van der Waals surface area contributed by atoms with Crippen LogP contribution in [-0.4, -0.2) is 23.9 Å². The Morgan fingerprint density at radius 1 is 0.500 bits per heavy atom. The molecule has 0 amide bonds. The van der Waals surface area contributed by atoms with Gasteiger partial charge < -0.3 is 39.6 Å². The van der Waals surface area contributed by atoms with Crippen LogP contribution in [0.3, 0.4) is 0 Å². The zero-order valence-corrected chi connectivity index (χ0v) is 14.4. The second kappa shape index (κ2) is 29.9. The summed E-state index contributed by atoms with van der Waals surface area (Å²) >= 11 is 0. The predicted octanol–water partition coefficient (Wildman–Crippen LogP) is -4.98. The molecule has 10 heteroatoms. The third-order valence-electron chi connectivity index (χ3n) is 0. The zero-order chi connectivity index (χ0) is 14.3. The second-order valence-corrected chi connectivity index (χ2v) is 1.97. The largest absolute Gasteiger partial charge is 2.00 e. The molecule has 18 heavy (non-hydrogen) atoms. The van der Waals surface area contributed by atoms with Gasteiger partial charge in [-0.05, 0) is 27.7 Å². The van der Waals surface area contributed by atoms with E-state index in [0.29, 0.717) is 0 Å². The van der Waals surface area contributed by atoms with Crippen LogP contribution in [0, 0.1) is 0 Å². The molecule has 0 unspecified atom stereocenters. The van der Waals surface area contributed by atoms with Gasteiger partial charge in [-0.1, -0.05) is 0 Å². The Balaban J connectivity index is -0.0000000257. The summed E-state index contributed by atoms with van der Waals surface area (Å²) in [5.41, 5.74) is 0. The molecular formula is C8H12O8Pt2. The molecule has 8 nitrogen and oxygen atoms in total. The number of carbonyl (C=O) groups is 4. The second-order valence-electron chi connectivity index (χ2n) is 1.97. The maximum atomic E-state index is 8.89. The number of carbonyl (C=O) groups excluding carboxylic acids is 4. The van der Waals surface area contributed by atoms with E-state index in [1.165, 1.54) is 0 Å². The molecule has 0 saturated heterocycles. The Hall–Kier alpha value is -0.743. The molecule has 0 radical (unpaired) electrons. The average Bonchev–Trinajstić information content (AvgIpc) is 1.76. The van der Waals surface area contributed by atoms with Crippen LogP contribution >= 0.6 is 0 Å². The van der Waals surface area contributed by atoms with Gasteiger partial charge in [-0.2, -0.15) is 0 Å². The van der Waals surface area contributed by atoms with Gasteiger partial charge in [0.05, 0.1) is 0 Å². The molecule has 0 heterocycles. The van der Waals surface area contributed by atoms with Crippen molar-refractivity contribution in [1.82, 2.24) is 0 Å². The van der Waals surface area contributed by atoms with Crippen molar-refractivity contribution in [3.63, 3.8) is 0 Å². The summed E-state index contributed by atoms with van der Waals surface area (Å²) in [6.07, 6.45) is 0. The predicted molar refractivity (Wildman–Crippen MR) is 42.7 cm³/mol. The van der Waals surface area contributed by atoms with Gasteiger partial charge in [0.1, 0.15) is 0 Å². The summed E-state index contributed by atoms with van der Waals surface area (Å²) in [7, 11) is 0. The molecule has 112 valence electrons. The van der Waals surface area contributed by atoms with Gasteiger partial charge in [-0.3, -0.25) is 0 Å². The van der Waals surface area contributed by atoms with Crippen molar-refractivity contribution >= 4 is 23.9 Å². The summed E-state index contributed by atoms with van der Waals surface area (Å²) in [6, 6.07) is 0. The smallest absolute Gasteiger partial charge is 0.550 e. The van der Waals surface area contributed by atoms with E-state index in [1.807, 2.05) is 0 Å². The van der Waals surface area contributed by atoms with Crippen LogP contribution < -0.4 is 20.4 Å². The molecule has 0 aliphatic heterocycles. The number of hydrogen-bond acceptors (Lipinski definition) is 8. The van der Waals surface area contributed by atoms with Crippen molar-refractivity contribution in [3.8, 4) is 0 Å². The minimum absolute atomic E-state index is 0. The van der Waals surface area contributed by atoms with E-state index in [1.54, 1.807) is 0 Å². The first-order valence-electron chi connectivity index (χ1n) is 3.63. The van der Waals surface area contributed by atoms with Gasteiger partial charge in [0.25, 0.3) is 0 Å². The number of rotatable bonds is 0. The van der Waals surface area contributed by atoms with Crippen molar-refractivity contribution in [2.45, 2.75) is 27.7 Å².